The van der Waals surface area contributed by atoms with Gasteiger partial charge >= 0.3 is 0 Å². The Balaban J connectivity index is 2.04. The monoisotopic (exact) mass is 194 g/mol. The van der Waals surface area contributed by atoms with Crippen molar-refractivity contribution in [2.75, 3.05) is 18.0 Å². The Hall–Kier alpha value is -1.29. The van der Waals surface area contributed by atoms with E-state index in [2.05, 4.69) is 4.90 Å². The highest BCUT2D eigenvalue weighted by atomic mass is 16.4. The van der Waals surface area contributed by atoms with E-state index in [9.17, 15) is 4.79 Å². The Morgan fingerprint density at radius 3 is 2.71 bits per heavy atom. The van der Waals surface area contributed by atoms with Crippen LogP contribution >= 0.6 is 0 Å². The van der Waals surface area contributed by atoms with E-state index >= 15 is 0 Å². The van der Waals surface area contributed by atoms with E-state index in [0.29, 0.717) is 11.8 Å². The Morgan fingerprint density at radius 2 is 2.14 bits per heavy atom. The molecule has 0 saturated carbocycles. The van der Waals surface area contributed by atoms with E-state index in [1.807, 2.05) is 6.07 Å². The third-order valence-corrected chi connectivity index (χ3v) is 2.58. The van der Waals surface area contributed by atoms with Crippen molar-refractivity contribution in [3.8, 4) is 0 Å². The Labute approximate surface area is 82.7 Å². The predicted octanol–water partition coefficient (Wildman–Crippen LogP) is 1.02. The highest BCUT2D eigenvalue weighted by molar-refractivity contribution is 5.71. The molecule has 0 amide bonds. The fourth-order valence-electron chi connectivity index (χ4n) is 1.70. The minimum absolute atomic E-state index is 0.312. The second-order valence-corrected chi connectivity index (χ2v) is 3.62. The second kappa shape index (κ2) is 3.84. The van der Waals surface area contributed by atoms with Crippen molar-refractivity contribution in [2.45, 2.75) is 18.9 Å². The van der Waals surface area contributed by atoms with Crippen molar-refractivity contribution in [1.29, 1.82) is 0 Å². The Morgan fingerprint density at radius 1 is 1.43 bits per heavy atom. The molecule has 1 aliphatic rings. The molecule has 0 radical (unpaired) electrons. The van der Waals surface area contributed by atoms with Crippen molar-refractivity contribution in [3.63, 3.8) is 0 Å². The SMILES string of the molecule is NC1CCN(c2ccc(C=O)o2)CC1. The number of rotatable bonds is 2. The number of anilines is 1. The van der Waals surface area contributed by atoms with Crippen LogP contribution in [0.15, 0.2) is 16.5 Å². The van der Waals surface area contributed by atoms with Crippen molar-refractivity contribution >= 4 is 12.2 Å². The molecule has 4 heteroatoms. The zero-order valence-corrected chi connectivity index (χ0v) is 7.98. The van der Waals surface area contributed by atoms with Gasteiger partial charge in [-0.05, 0) is 18.9 Å². The summed E-state index contributed by atoms with van der Waals surface area (Å²) in [7, 11) is 0. The van der Waals surface area contributed by atoms with Crippen LogP contribution in [0.5, 0.6) is 0 Å². The summed E-state index contributed by atoms with van der Waals surface area (Å²) < 4.78 is 5.32. The van der Waals surface area contributed by atoms with Gasteiger partial charge < -0.3 is 15.1 Å². The summed E-state index contributed by atoms with van der Waals surface area (Å²) in [4.78, 5) is 12.5. The molecule has 0 unspecified atom stereocenters. The van der Waals surface area contributed by atoms with Crippen LogP contribution in [0.25, 0.3) is 0 Å². The molecule has 76 valence electrons. The number of hydrogen-bond donors (Lipinski definition) is 1. The van der Waals surface area contributed by atoms with E-state index < -0.39 is 0 Å². The topological polar surface area (TPSA) is 59.5 Å². The molecule has 2 rings (SSSR count). The lowest BCUT2D eigenvalue weighted by Crippen LogP contribution is -2.39. The fourth-order valence-corrected chi connectivity index (χ4v) is 1.70. The largest absolute Gasteiger partial charge is 0.438 e. The van der Waals surface area contributed by atoms with Crippen LogP contribution in [0.1, 0.15) is 23.4 Å². The van der Waals surface area contributed by atoms with E-state index in [-0.39, 0.29) is 0 Å². The number of aldehydes is 1. The van der Waals surface area contributed by atoms with Crippen molar-refractivity contribution in [1.82, 2.24) is 0 Å². The Bertz CT molecular complexity index is 314. The number of nitrogens with zero attached hydrogens (tertiary/aromatic N) is 1. The van der Waals surface area contributed by atoms with Gasteiger partial charge in [-0.15, -0.1) is 0 Å². The van der Waals surface area contributed by atoms with Crippen LogP contribution in [0, 0.1) is 0 Å². The van der Waals surface area contributed by atoms with E-state index in [1.54, 1.807) is 6.07 Å². The van der Waals surface area contributed by atoms with Gasteiger partial charge in [0.2, 0.25) is 0 Å². The number of carbonyl (C=O) groups excluding carboxylic acids is 1. The summed E-state index contributed by atoms with van der Waals surface area (Å²) >= 11 is 0. The molecule has 2 N–H and O–H groups in total. The van der Waals surface area contributed by atoms with Crippen molar-refractivity contribution in [3.05, 3.63) is 17.9 Å². The standard InChI is InChI=1S/C10H14N2O2/c11-8-3-5-12(6-4-8)10-2-1-9(7-13)14-10/h1-2,7-8H,3-6,11H2. The van der Waals surface area contributed by atoms with Gasteiger partial charge in [0.25, 0.3) is 0 Å². The number of nitrogens with two attached hydrogens (primary N) is 1. The van der Waals surface area contributed by atoms with Crippen LogP contribution in [0.3, 0.4) is 0 Å². The predicted molar refractivity (Wildman–Crippen MR) is 53.5 cm³/mol. The number of carbonyl (C=O) groups is 1. The zero-order valence-electron chi connectivity index (χ0n) is 7.98. The lowest BCUT2D eigenvalue weighted by atomic mass is 10.1. The molecule has 14 heavy (non-hydrogen) atoms. The average Bonchev–Trinajstić information content (AvgIpc) is 2.67. The molecule has 1 aromatic heterocycles. The van der Waals surface area contributed by atoms with Gasteiger partial charge in [-0.2, -0.15) is 0 Å². The summed E-state index contributed by atoms with van der Waals surface area (Å²) in [5.41, 5.74) is 5.79. The third-order valence-electron chi connectivity index (χ3n) is 2.58. The summed E-state index contributed by atoms with van der Waals surface area (Å²) in [6, 6.07) is 3.84. The molecule has 4 nitrogen and oxygen atoms in total. The summed E-state index contributed by atoms with van der Waals surface area (Å²) in [5.74, 6) is 1.16. The van der Waals surface area contributed by atoms with Gasteiger partial charge in [0.15, 0.2) is 17.9 Å². The maximum atomic E-state index is 10.4. The van der Waals surface area contributed by atoms with Crippen molar-refractivity contribution < 1.29 is 9.21 Å². The lowest BCUT2D eigenvalue weighted by molar-refractivity contribution is 0.110. The molecule has 0 aliphatic carbocycles. The highest BCUT2D eigenvalue weighted by Crippen LogP contribution is 2.21. The summed E-state index contributed by atoms with van der Waals surface area (Å²) in [6.45, 7) is 1.82. The minimum Gasteiger partial charge on any atom is -0.438 e. The fraction of sp³-hybridized carbons (Fsp3) is 0.500. The zero-order chi connectivity index (χ0) is 9.97. The van der Waals surface area contributed by atoms with Gasteiger partial charge in [0, 0.05) is 25.2 Å². The summed E-state index contributed by atoms with van der Waals surface area (Å²) in [5, 5.41) is 0. The van der Waals surface area contributed by atoms with Gasteiger partial charge in [0.1, 0.15) is 0 Å². The maximum absolute atomic E-state index is 10.4. The first kappa shape index (κ1) is 9.27. The van der Waals surface area contributed by atoms with E-state index in [4.69, 9.17) is 10.2 Å². The smallest absolute Gasteiger partial charge is 0.196 e. The lowest BCUT2D eigenvalue weighted by Gasteiger charge is -2.29. The van der Waals surface area contributed by atoms with Gasteiger partial charge in [-0.3, -0.25) is 4.79 Å². The molecule has 0 aromatic carbocycles. The van der Waals surface area contributed by atoms with Crippen LogP contribution in [-0.2, 0) is 0 Å². The van der Waals surface area contributed by atoms with Crippen LogP contribution in [0.2, 0.25) is 0 Å². The second-order valence-electron chi connectivity index (χ2n) is 3.62. The molecule has 1 aromatic rings. The van der Waals surface area contributed by atoms with Crippen LogP contribution < -0.4 is 10.6 Å². The molecular weight excluding hydrogens is 180 g/mol. The first-order valence-electron chi connectivity index (χ1n) is 4.85. The van der Waals surface area contributed by atoms with Crippen molar-refractivity contribution in [2.24, 2.45) is 5.73 Å². The van der Waals surface area contributed by atoms with Crippen LogP contribution in [0.4, 0.5) is 5.88 Å². The third kappa shape index (κ3) is 1.80. The van der Waals surface area contributed by atoms with Gasteiger partial charge in [0.05, 0.1) is 0 Å². The Kier molecular flexibility index (Phi) is 2.54. The normalized spacial score (nSPS) is 18.5. The molecule has 1 saturated heterocycles. The number of hydrogen-bond acceptors (Lipinski definition) is 4. The number of piperidine rings is 1. The molecule has 1 aliphatic heterocycles. The molecular formula is C10H14N2O2. The van der Waals surface area contributed by atoms with E-state index in [0.717, 1.165) is 38.1 Å². The quantitative estimate of drug-likeness (QED) is 0.714. The maximum Gasteiger partial charge on any atom is 0.196 e. The van der Waals surface area contributed by atoms with Gasteiger partial charge in [-0.1, -0.05) is 0 Å². The first-order valence-corrected chi connectivity index (χ1v) is 4.85. The molecule has 1 fully saturated rings. The first-order chi connectivity index (χ1) is 6.79. The number of furan rings is 1. The molecule has 0 atom stereocenters. The average molecular weight is 194 g/mol. The highest BCUT2D eigenvalue weighted by Gasteiger charge is 2.18. The van der Waals surface area contributed by atoms with E-state index in [1.165, 1.54) is 0 Å². The minimum atomic E-state index is 0.312. The van der Waals surface area contributed by atoms with Crippen LogP contribution in [-0.4, -0.2) is 25.4 Å². The molecule has 0 spiro atoms. The molecule has 2 heterocycles. The summed E-state index contributed by atoms with van der Waals surface area (Å²) in [6.07, 6.45) is 2.69. The van der Waals surface area contributed by atoms with Gasteiger partial charge in [-0.25, -0.2) is 0 Å². The molecule has 0 bridgehead atoms.